The van der Waals surface area contributed by atoms with E-state index in [0.717, 1.165) is 15.0 Å². The maximum absolute atomic E-state index is 11.9. The molecule has 2 nitrogen and oxygen atoms in total. The molecule has 17 heavy (non-hydrogen) atoms. The summed E-state index contributed by atoms with van der Waals surface area (Å²) in [4.78, 5) is 12.6. The van der Waals surface area contributed by atoms with Crippen LogP contribution in [0.5, 0.6) is 0 Å². The third-order valence-electron chi connectivity index (χ3n) is 2.18. The summed E-state index contributed by atoms with van der Waals surface area (Å²) in [6, 6.07) is 8.89. The monoisotopic (exact) mass is 329 g/mol. The number of hydrogen-bond acceptors (Lipinski definition) is 2. The Labute approximate surface area is 117 Å². The maximum Gasteiger partial charge on any atom is 0.265 e. The normalized spacial score (nSPS) is 10.3. The van der Waals surface area contributed by atoms with Crippen molar-refractivity contribution in [2.45, 2.75) is 6.92 Å². The van der Waals surface area contributed by atoms with E-state index in [1.165, 1.54) is 11.3 Å². The zero-order chi connectivity index (χ0) is 12.4. The van der Waals surface area contributed by atoms with E-state index in [4.69, 9.17) is 11.6 Å². The highest BCUT2D eigenvalue weighted by atomic mass is 79.9. The minimum Gasteiger partial charge on any atom is -0.321 e. The summed E-state index contributed by atoms with van der Waals surface area (Å²) in [5.74, 6) is -0.105. The minimum atomic E-state index is -0.105. The molecule has 2 aromatic rings. The fourth-order valence-electron chi connectivity index (χ4n) is 1.30. The first kappa shape index (κ1) is 12.6. The van der Waals surface area contributed by atoms with Gasteiger partial charge in [-0.3, -0.25) is 4.79 Å². The molecule has 1 aromatic carbocycles. The van der Waals surface area contributed by atoms with E-state index in [0.29, 0.717) is 9.90 Å². The SMILES string of the molecule is Cc1cc(C(=O)Nc2ccc(Cl)cc2)sc1Br. The highest BCUT2D eigenvalue weighted by Gasteiger charge is 2.11. The molecule has 1 N–H and O–H groups in total. The van der Waals surface area contributed by atoms with Gasteiger partial charge in [-0.1, -0.05) is 11.6 Å². The Bertz CT molecular complexity index is 531. The van der Waals surface area contributed by atoms with Gasteiger partial charge in [0.15, 0.2) is 0 Å². The average Bonchev–Trinajstić information content (AvgIpc) is 2.63. The predicted molar refractivity (Wildman–Crippen MR) is 76.2 cm³/mol. The molecule has 0 radical (unpaired) electrons. The number of nitrogens with one attached hydrogen (secondary N) is 1. The number of carbonyl (C=O) groups excluding carboxylic acids is 1. The van der Waals surface area contributed by atoms with Crippen LogP contribution in [0.4, 0.5) is 5.69 Å². The molecule has 5 heteroatoms. The molecule has 0 atom stereocenters. The fourth-order valence-corrected chi connectivity index (χ4v) is 2.85. The number of halogens is 2. The Balaban J connectivity index is 2.14. The Kier molecular flexibility index (Phi) is 3.86. The van der Waals surface area contributed by atoms with Crippen molar-refractivity contribution in [3.05, 3.63) is 49.6 Å². The lowest BCUT2D eigenvalue weighted by atomic mass is 10.3. The molecule has 1 aromatic heterocycles. The molecule has 2 rings (SSSR count). The number of thiophene rings is 1. The van der Waals surface area contributed by atoms with Crippen molar-refractivity contribution in [3.8, 4) is 0 Å². The second-order valence-electron chi connectivity index (χ2n) is 3.53. The van der Waals surface area contributed by atoms with E-state index in [1.807, 2.05) is 13.0 Å². The largest absolute Gasteiger partial charge is 0.321 e. The average molecular weight is 331 g/mol. The van der Waals surface area contributed by atoms with Gasteiger partial charge in [0.2, 0.25) is 0 Å². The molecule has 0 spiro atoms. The first-order valence-electron chi connectivity index (χ1n) is 4.89. The number of rotatable bonds is 2. The number of benzene rings is 1. The van der Waals surface area contributed by atoms with Crippen LogP contribution in [0.15, 0.2) is 34.1 Å². The molecule has 1 heterocycles. The van der Waals surface area contributed by atoms with Gasteiger partial charge in [0.25, 0.3) is 5.91 Å². The van der Waals surface area contributed by atoms with E-state index < -0.39 is 0 Å². The second-order valence-corrected chi connectivity index (χ2v) is 6.33. The summed E-state index contributed by atoms with van der Waals surface area (Å²) < 4.78 is 0.985. The molecule has 1 amide bonds. The van der Waals surface area contributed by atoms with Crippen LogP contribution >= 0.6 is 38.9 Å². The van der Waals surface area contributed by atoms with E-state index in [1.54, 1.807) is 24.3 Å². The molecule has 0 saturated heterocycles. The molecule has 0 aliphatic heterocycles. The van der Waals surface area contributed by atoms with Gasteiger partial charge in [-0.15, -0.1) is 11.3 Å². The van der Waals surface area contributed by atoms with Crippen molar-refractivity contribution >= 4 is 50.5 Å². The zero-order valence-corrected chi connectivity index (χ0v) is 12.1. The predicted octanol–water partition coefficient (Wildman–Crippen LogP) is 4.72. The highest BCUT2D eigenvalue weighted by Crippen LogP contribution is 2.28. The van der Waals surface area contributed by atoms with Gasteiger partial charge in [0.1, 0.15) is 0 Å². The van der Waals surface area contributed by atoms with Crippen molar-refractivity contribution < 1.29 is 4.79 Å². The van der Waals surface area contributed by atoms with Crippen LogP contribution in [-0.4, -0.2) is 5.91 Å². The third-order valence-corrected chi connectivity index (χ3v) is 4.57. The second kappa shape index (κ2) is 5.21. The molecular formula is C12H9BrClNOS. The Morgan fingerprint density at radius 3 is 2.53 bits per heavy atom. The van der Waals surface area contributed by atoms with Gasteiger partial charge in [-0.05, 0) is 58.7 Å². The molecule has 0 aliphatic carbocycles. The van der Waals surface area contributed by atoms with Crippen molar-refractivity contribution in [1.82, 2.24) is 0 Å². The van der Waals surface area contributed by atoms with Crippen molar-refractivity contribution in [1.29, 1.82) is 0 Å². The number of aryl methyl sites for hydroxylation is 1. The van der Waals surface area contributed by atoms with Crippen LogP contribution in [0.3, 0.4) is 0 Å². The number of amides is 1. The van der Waals surface area contributed by atoms with Crippen LogP contribution < -0.4 is 5.32 Å². The van der Waals surface area contributed by atoms with Crippen LogP contribution in [0.25, 0.3) is 0 Å². The van der Waals surface area contributed by atoms with Gasteiger partial charge < -0.3 is 5.32 Å². The molecule has 0 bridgehead atoms. The summed E-state index contributed by atoms with van der Waals surface area (Å²) in [7, 11) is 0. The van der Waals surface area contributed by atoms with Crippen molar-refractivity contribution in [3.63, 3.8) is 0 Å². The Hall–Kier alpha value is -0.840. The Morgan fingerprint density at radius 2 is 2.00 bits per heavy atom. The molecule has 0 unspecified atom stereocenters. The summed E-state index contributed by atoms with van der Waals surface area (Å²) in [5, 5.41) is 3.47. The van der Waals surface area contributed by atoms with Crippen LogP contribution in [-0.2, 0) is 0 Å². The summed E-state index contributed by atoms with van der Waals surface area (Å²) >= 11 is 10.6. The third kappa shape index (κ3) is 3.09. The first-order valence-corrected chi connectivity index (χ1v) is 6.88. The summed E-state index contributed by atoms with van der Waals surface area (Å²) in [6.45, 7) is 1.96. The van der Waals surface area contributed by atoms with Gasteiger partial charge in [-0.2, -0.15) is 0 Å². The van der Waals surface area contributed by atoms with E-state index in [-0.39, 0.29) is 5.91 Å². The lowest BCUT2D eigenvalue weighted by Crippen LogP contribution is -2.09. The molecular weight excluding hydrogens is 322 g/mol. The van der Waals surface area contributed by atoms with Crippen LogP contribution in [0.2, 0.25) is 5.02 Å². The quantitative estimate of drug-likeness (QED) is 0.847. The van der Waals surface area contributed by atoms with Crippen molar-refractivity contribution in [2.75, 3.05) is 5.32 Å². The van der Waals surface area contributed by atoms with Gasteiger partial charge in [0.05, 0.1) is 8.66 Å². The minimum absolute atomic E-state index is 0.105. The van der Waals surface area contributed by atoms with E-state index in [9.17, 15) is 4.79 Å². The Morgan fingerprint density at radius 1 is 1.35 bits per heavy atom. The lowest BCUT2D eigenvalue weighted by molar-refractivity contribution is 0.103. The maximum atomic E-state index is 11.9. The van der Waals surface area contributed by atoms with Gasteiger partial charge >= 0.3 is 0 Å². The van der Waals surface area contributed by atoms with Crippen LogP contribution in [0, 0.1) is 6.92 Å². The first-order chi connectivity index (χ1) is 8.06. The van der Waals surface area contributed by atoms with Crippen LogP contribution in [0.1, 0.15) is 15.2 Å². The molecule has 0 saturated carbocycles. The van der Waals surface area contributed by atoms with Crippen molar-refractivity contribution in [2.24, 2.45) is 0 Å². The van der Waals surface area contributed by atoms with Gasteiger partial charge in [-0.25, -0.2) is 0 Å². The summed E-state index contributed by atoms with van der Waals surface area (Å²) in [6.07, 6.45) is 0. The topological polar surface area (TPSA) is 29.1 Å². The van der Waals surface area contributed by atoms with E-state index in [2.05, 4.69) is 21.2 Å². The number of anilines is 1. The molecule has 0 aliphatic rings. The lowest BCUT2D eigenvalue weighted by Gasteiger charge is -2.02. The number of hydrogen-bond donors (Lipinski definition) is 1. The standard InChI is InChI=1S/C12H9BrClNOS/c1-7-6-10(17-11(7)13)12(16)15-9-4-2-8(14)3-5-9/h2-6H,1H3,(H,15,16). The fraction of sp³-hybridized carbons (Fsp3) is 0.0833. The van der Waals surface area contributed by atoms with E-state index >= 15 is 0 Å². The smallest absolute Gasteiger partial charge is 0.265 e. The number of carbonyl (C=O) groups is 1. The highest BCUT2D eigenvalue weighted by molar-refractivity contribution is 9.11. The molecule has 0 fully saturated rings. The zero-order valence-electron chi connectivity index (χ0n) is 8.96. The summed E-state index contributed by atoms with van der Waals surface area (Å²) in [5.41, 5.74) is 1.80. The molecule has 88 valence electrons. The van der Waals surface area contributed by atoms with Gasteiger partial charge in [0, 0.05) is 10.7 Å².